The van der Waals surface area contributed by atoms with Crippen LogP contribution >= 0.6 is 22.7 Å². The molecule has 0 aliphatic carbocycles. The monoisotopic (exact) mass is 322 g/mol. The number of hydrogen-bond acceptors (Lipinski definition) is 6. The molecule has 0 spiro atoms. The van der Waals surface area contributed by atoms with E-state index in [1.165, 1.54) is 9.88 Å². The van der Waals surface area contributed by atoms with Crippen LogP contribution in [-0.2, 0) is 5.54 Å². The molecule has 2 aromatic rings. The highest BCUT2D eigenvalue weighted by Crippen LogP contribution is 2.34. The van der Waals surface area contributed by atoms with Gasteiger partial charge < -0.3 is 5.32 Å². The minimum atomic E-state index is -0.00993. The van der Waals surface area contributed by atoms with Gasteiger partial charge in [0, 0.05) is 36.4 Å². The third-order valence-electron chi connectivity index (χ3n) is 4.08. The molecule has 0 atom stereocenters. The lowest BCUT2D eigenvalue weighted by atomic mass is 10.0. The number of nitrogens with zero attached hydrogens (tertiary/aromatic N) is 3. The highest BCUT2D eigenvalue weighted by atomic mass is 32.1. The van der Waals surface area contributed by atoms with Crippen LogP contribution in [0.1, 0.15) is 28.7 Å². The number of thiazole rings is 2. The van der Waals surface area contributed by atoms with Gasteiger partial charge in [0.2, 0.25) is 0 Å². The van der Waals surface area contributed by atoms with E-state index in [4.69, 9.17) is 4.98 Å². The van der Waals surface area contributed by atoms with Gasteiger partial charge in [0.15, 0.2) is 0 Å². The Labute approximate surface area is 134 Å². The van der Waals surface area contributed by atoms with Crippen molar-refractivity contribution in [2.75, 3.05) is 26.2 Å². The fraction of sp³-hybridized carbons (Fsp3) is 0.600. The summed E-state index contributed by atoms with van der Waals surface area (Å²) >= 11 is 3.50. The second-order valence-electron chi connectivity index (χ2n) is 5.97. The maximum atomic E-state index is 4.90. The van der Waals surface area contributed by atoms with Gasteiger partial charge in [-0.1, -0.05) is 0 Å². The van der Waals surface area contributed by atoms with Gasteiger partial charge in [0.1, 0.15) is 16.4 Å². The van der Waals surface area contributed by atoms with Crippen LogP contribution in [-0.4, -0.2) is 41.0 Å². The molecule has 3 rings (SSSR count). The summed E-state index contributed by atoms with van der Waals surface area (Å²) in [5.41, 5.74) is 2.07. The van der Waals surface area contributed by atoms with Gasteiger partial charge in [-0.15, -0.1) is 22.7 Å². The van der Waals surface area contributed by atoms with Gasteiger partial charge in [-0.25, -0.2) is 9.97 Å². The van der Waals surface area contributed by atoms with Crippen molar-refractivity contribution >= 4 is 22.7 Å². The van der Waals surface area contributed by atoms with Gasteiger partial charge in [0.05, 0.1) is 10.5 Å². The summed E-state index contributed by atoms with van der Waals surface area (Å²) < 4.78 is 0. The fourth-order valence-corrected chi connectivity index (χ4v) is 4.57. The second kappa shape index (κ2) is 5.76. The van der Waals surface area contributed by atoms with Gasteiger partial charge in [0.25, 0.3) is 0 Å². The molecule has 0 bridgehead atoms. The Kier molecular flexibility index (Phi) is 4.14. The second-order valence-corrected chi connectivity index (χ2v) is 8.24. The highest BCUT2D eigenvalue weighted by Gasteiger charge is 2.32. The molecular formula is C15H22N4S2. The zero-order valence-electron chi connectivity index (χ0n) is 13.1. The third kappa shape index (κ3) is 2.90. The first-order chi connectivity index (χ1) is 9.98. The molecule has 114 valence electrons. The Morgan fingerprint density at radius 1 is 1.19 bits per heavy atom. The summed E-state index contributed by atoms with van der Waals surface area (Å²) in [5.74, 6) is 0. The topological polar surface area (TPSA) is 41.1 Å². The molecule has 0 aromatic carbocycles. The molecule has 1 fully saturated rings. The van der Waals surface area contributed by atoms with Crippen LogP contribution in [0, 0.1) is 13.8 Å². The average Bonchev–Trinajstić information content (AvgIpc) is 3.06. The van der Waals surface area contributed by atoms with Gasteiger partial charge in [-0.2, -0.15) is 0 Å². The lowest BCUT2D eigenvalue weighted by Crippen LogP contribution is -2.51. The molecule has 4 nitrogen and oxygen atoms in total. The van der Waals surface area contributed by atoms with E-state index >= 15 is 0 Å². The summed E-state index contributed by atoms with van der Waals surface area (Å²) in [5, 5.41) is 7.86. The fourth-order valence-electron chi connectivity index (χ4n) is 2.79. The van der Waals surface area contributed by atoms with Crippen molar-refractivity contribution in [3.8, 4) is 11.4 Å². The maximum absolute atomic E-state index is 4.90. The lowest BCUT2D eigenvalue weighted by Gasteiger charge is -2.39. The molecule has 0 saturated carbocycles. The number of aryl methyl sites for hydroxylation is 2. The molecule has 1 aliphatic heterocycles. The van der Waals surface area contributed by atoms with Crippen LogP contribution in [0.15, 0.2) is 5.38 Å². The molecule has 21 heavy (non-hydrogen) atoms. The van der Waals surface area contributed by atoms with Crippen molar-refractivity contribution in [1.29, 1.82) is 0 Å². The Balaban J connectivity index is 1.88. The standard InChI is InChI=1S/C15H22N4S2/c1-10-13(17-11(2)21-10)12-9-20-14(18-12)15(3,4)19-7-5-16-6-8-19/h9,16H,5-8H2,1-4H3. The quantitative estimate of drug-likeness (QED) is 0.943. The van der Waals surface area contributed by atoms with Crippen LogP contribution in [0.5, 0.6) is 0 Å². The normalized spacial score (nSPS) is 17.3. The Hall–Kier alpha value is -0.820. The number of nitrogens with one attached hydrogen (secondary N) is 1. The number of piperazine rings is 1. The highest BCUT2D eigenvalue weighted by molar-refractivity contribution is 7.12. The molecule has 1 N–H and O–H groups in total. The van der Waals surface area contributed by atoms with Crippen LogP contribution in [0.2, 0.25) is 0 Å². The smallest absolute Gasteiger partial charge is 0.113 e. The molecular weight excluding hydrogens is 300 g/mol. The Morgan fingerprint density at radius 3 is 2.52 bits per heavy atom. The predicted octanol–water partition coefficient (Wildman–Crippen LogP) is 3.02. The van der Waals surface area contributed by atoms with E-state index in [9.17, 15) is 0 Å². The van der Waals surface area contributed by atoms with E-state index in [1.807, 2.05) is 0 Å². The van der Waals surface area contributed by atoms with Crippen LogP contribution < -0.4 is 5.32 Å². The molecule has 0 amide bonds. The van der Waals surface area contributed by atoms with E-state index in [1.54, 1.807) is 22.7 Å². The number of rotatable bonds is 3. The molecule has 3 heterocycles. The largest absolute Gasteiger partial charge is 0.314 e. The van der Waals surface area contributed by atoms with Gasteiger partial charge in [-0.3, -0.25) is 4.90 Å². The molecule has 1 aliphatic rings. The maximum Gasteiger partial charge on any atom is 0.113 e. The minimum Gasteiger partial charge on any atom is -0.314 e. The summed E-state index contributed by atoms with van der Waals surface area (Å²) in [7, 11) is 0. The summed E-state index contributed by atoms with van der Waals surface area (Å²) in [6, 6.07) is 0. The van der Waals surface area contributed by atoms with E-state index < -0.39 is 0 Å². The molecule has 6 heteroatoms. The first kappa shape index (κ1) is 15.1. The van der Waals surface area contributed by atoms with Crippen LogP contribution in [0.25, 0.3) is 11.4 Å². The first-order valence-electron chi connectivity index (χ1n) is 7.34. The minimum absolute atomic E-state index is 0.00993. The van der Waals surface area contributed by atoms with Crippen LogP contribution in [0.4, 0.5) is 0 Å². The summed E-state index contributed by atoms with van der Waals surface area (Å²) in [6.45, 7) is 13.0. The van der Waals surface area contributed by atoms with Crippen molar-refractivity contribution in [2.24, 2.45) is 0 Å². The first-order valence-corrected chi connectivity index (χ1v) is 9.04. The molecule has 2 aromatic heterocycles. The molecule has 0 unspecified atom stereocenters. The van der Waals surface area contributed by atoms with Crippen molar-refractivity contribution in [3.63, 3.8) is 0 Å². The average molecular weight is 323 g/mol. The lowest BCUT2D eigenvalue weighted by molar-refractivity contribution is 0.102. The van der Waals surface area contributed by atoms with Gasteiger partial charge >= 0.3 is 0 Å². The van der Waals surface area contributed by atoms with Crippen LogP contribution in [0.3, 0.4) is 0 Å². The van der Waals surface area contributed by atoms with Crippen molar-refractivity contribution in [3.05, 3.63) is 20.3 Å². The van der Waals surface area contributed by atoms with E-state index in [2.05, 4.69) is 48.3 Å². The van der Waals surface area contributed by atoms with Crippen molar-refractivity contribution in [1.82, 2.24) is 20.2 Å². The number of hydrogen-bond donors (Lipinski definition) is 1. The van der Waals surface area contributed by atoms with Crippen molar-refractivity contribution < 1.29 is 0 Å². The zero-order valence-corrected chi connectivity index (χ0v) is 14.7. The number of aromatic nitrogens is 2. The predicted molar refractivity (Wildman–Crippen MR) is 90.2 cm³/mol. The summed E-state index contributed by atoms with van der Waals surface area (Å²) in [4.78, 5) is 13.3. The summed E-state index contributed by atoms with van der Waals surface area (Å²) in [6.07, 6.45) is 0. The van der Waals surface area contributed by atoms with E-state index in [-0.39, 0.29) is 5.54 Å². The van der Waals surface area contributed by atoms with E-state index in [0.717, 1.165) is 42.6 Å². The molecule has 0 radical (unpaired) electrons. The molecule has 1 saturated heterocycles. The van der Waals surface area contributed by atoms with Gasteiger partial charge in [-0.05, 0) is 27.7 Å². The van der Waals surface area contributed by atoms with E-state index in [0.29, 0.717) is 0 Å². The Bertz CT molecular complexity index is 623. The van der Waals surface area contributed by atoms with Crippen molar-refractivity contribution in [2.45, 2.75) is 33.2 Å². The SMILES string of the molecule is Cc1nc(-c2csc(C(C)(C)N3CCNCC3)n2)c(C)s1. The third-order valence-corrected chi connectivity index (χ3v) is 6.12. The zero-order chi connectivity index (χ0) is 15.0. The Morgan fingerprint density at radius 2 is 1.90 bits per heavy atom.